The van der Waals surface area contributed by atoms with Crippen molar-refractivity contribution in [2.75, 3.05) is 0 Å². The lowest BCUT2D eigenvalue weighted by atomic mass is 10.1. The molecule has 0 aliphatic carbocycles. The number of halogens is 3. The molecule has 0 spiro atoms. The average molecular weight is 257 g/mol. The molecule has 0 unspecified atom stereocenters. The molecule has 0 atom stereocenters. The SMILES string of the molecule is NCc1ccc(-c2noc(CC(F)(F)F)n2)cc1. The molecule has 1 heterocycles. The van der Waals surface area contributed by atoms with Crippen LogP contribution >= 0.6 is 0 Å². The van der Waals surface area contributed by atoms with Crippen LogP contribution in [-0.4, -0.2) is 16.3 Å². The summed E-state index contributed by atoms with van der Waals surface area (Å²) in [4.78, 5) is 3.69. The summed E-state index contributed by atoms with van der Waals surface area (Å²) in [6.07, 6.45) is -5.58. The van der Waals surface area contributed by atoms with Gasteiger partial charge in [0.05, 0.1) is 0 Å². The van der Waals surface area contributed by atoms with Crippen LogP contribution in [0.1, 0.15) is 11.5 Å². The highest BCUT2D eigenvalue weighted by Crippen LogP contribution is 2.22. The highest BCUT2D eigenvalue weighted by atomic mass is 19.4. The largest absolute Gasteiger partial charge is 0.397 e. The highest BCUT2D eigenvalue weighted by Gasteiger charge is 2.31. The molecule has 0 aliphatic heterocycles. The lowest BCUT2D eigenvalue weighted by Crippen LogP contribution is -2.11. The first-order chi connectivity index (χ1) is 8.48. The van der Waals surface area contributed by atoms with E-state index < -0.39 is 18.5 Å². The van der Waals surface area contributed by atoms with Gasteiger partial charge in [0.2, 0.25) is 11.7 Å². The summed E-state index contributed by atoms with van der Waals surface area (Å²) >= 11 is 0. The number of nitrogens with zero attached hydrogens (tertiary/aromatic N) is 2. The molecular weight excluding hydrogens is 247 g/mol. The minimum absolute atomic E-state index is 0.137. The Kier molecular flexibility index (Phi) is 3.33. The van der Waals surface area contributed by atoms with Crippen LogP contribution in [0.2, 0.25) is 0 Å². The van der Waals surface area contributed by atoms with E-state index in [4.69, 9.17) is 5.73 Å². The van der Waals surface area contributed by atoms with Gasteiger partial charge in [0, 0.05) is 12.1 Å². The molecule has 0 amide bonds. The Morgan fingerprint density at radius 3 is 2.39 bits per heavy atom. The lowest BCUT2D eigenvalue weighted by Gasteiger charge is -1.99. The Morgan fingerprint density at radius 2 is 1.83 bits per heavy atom. The zero-order valence-electron chi connectivity index (χ0n) is 9.24. The van der Waals surface area contributed by atoms with Crippen LogP contribution in [0.15, 0.2) is 28.8 Å². The van der Waals surface area contributed by atoms with Crippen molar-refractivity contribution in [2.24, 2.45) is 5.73 Å². The minimum Gasteiger partial charge on any atom is -0.339 e. The lowest BCUT2D eigenvalue weighted by molar-refractivity contribution is -0.131. The minimum atomic E-state index is -4.35. The Hall–Kier alpha value is -1.89. The number of nitrogens with two attached hydrogens (primary N) is 1. The van der Waals surface area contributed by atoms with E-state index in [1.165, 1.54) is 0 Å². The van der Waals surface area contributed by atoms with Gasteiger partial charge < -0.3 is 10.3 Å². The van der Waals surface area contributed by atoms with Gasteiger partial charge in [0.15, 0.2) is 0 Å². The summed E-state index contributed by atoms with van der Waals surface area (Å²) in [6.45, 7) is 0.395. The Balaban J connectivity index is 2.18. The second-order valence-corrected chi connectivity index (χ2v) is 3.70. The third-order valence-corrected chi connectivity index (χ3v) is 2.27. The summed E-state index contributed by atoms with van der Waals surface area (Å²) < 4.78 is 40.9. The Bertz CT molecular complexity index is 519. The van der Waals surface area contributed by atoms with Crippen LogP contribution in [0, 0.1) is 0 Å². The molecule has 0 radical (unpaired) electrons. The summed E-state index contributed by atoms with van der Waals surface area (Å²) in [5, 5.41) is 3.51. The molecule has 1 aromatic carbocycles. The van der Waals surface area contributed by atoms with Crippen LogP contribution in [0.5, 0.6) is 0 Å². The first kappa shape index (κ1) is 12.6. The first-order valence-corrected chi connectivity index (χ1v) is 5.16. The quantitative estimate of drug-likeness (QED) is 0.916. The van der Waals surface area contributed by atoms with Crippen molar-refractivity contribution in [3.63, 3.8) is 0 Å². The summed E-state index contributed by atoms with van der Waals surface area (Å²) in [5.41, 5.74) is 6.94. The normalized spacial score (nSPS) is 11.8. The summed E-state index contributed by atoms with van der Waals surface area (Å²) in [6, 6.07) is 6.89. The third-order valence-electron chi connectivity index (χ3n) is 2.27. The maximum atomic E-state index is 12.1. The van der Waals surface area contributed by atoms with E-state index in [0.717, 1.165) is 5.56 Å². The van der Waals surface area contributed by atoms with Crippen molar-refractivity contribution >= 4 is 0 Å². The molecule has 0 bridgehead atoms. The molecule has 0 saturated carbocycles. The Labute approximate surface area is 101 Å². The fraction of sp³-hybridized carbons (Fsp3) is 0.273. The number of aromatic nitrogens is 2. The number of rotatable bonds is 3. The molecule has 1 aromatic heterocycles. The molecule has 0 saturated heterocycles. The number of hydrogen-bond acceptors (Lipinski definition) is 4. The van der Waals surface area contributed by atoms with E-state index in [0.29, 0.717) is 12.1 Å². The predicted molar refractivity (Wildman–Crippen MR) is 57.4 cm³/mol. The second-order valence-electron chi connectivity index (χ2n) is 3.70. The molecule has 2 rings (SSSR count). The maximum Gasteiger partial charge on any atom is 0.397 e. The molecular formula is C11H10F3N3O. The van der Waals surface area contributed by atoms with Gasteiger partial charge in [0.1, 0.15) is 6.42 Å². The van der Waals surface area contributed by atoms with Crippen LogP contribution < -0.4 is 5.73 Å². The smallest absolute Gasteiger partial charge is 0.339 e. The van der Waals surface area contributed by atoms with Gasteiger partial charge in [-0.15, -0.1) is 0 Å². The fourth-order valence-electron chi connectivity index (χ4n) is 1.41. The van der Waals surface area contributed by atoms with Crippen LogP contribution in [0.3, 0.4) is 0 Å². The third kappa shape index (κ3) is 3.07. The maximum absolute atomic E-state index is 12.1. The molecule has 18 heavy (non-hydrogen) atoms. The fourth-order valence-corrected chi connectivity index (χ4v) is 1.41. The standard InChI is InChI=1S/C11H10F3N3O/c12-11(13,14)5-9-16-10(17-18-9)8-3-1-7(6-15)2-4-8/h1-4H,5-6,15H2. The molecule has 2 N–H and O–H groups in total. The summed E-state index contributed by atoms with van der Waals surface area (Å²) in [5.74, 6) is -0.307. The molecule has 0 fully saturated rings. The zero-order chi connectivity index (χ0) is 13.2. The highest BCUT2D eigenvalue weighted by molar-refractivity contribution is 5.54. The Morgan fingerprint density at radius 1 is 1.17 bits per heavy atom. The number of benzene rings is 1. The molecule has 4 nitrogen and oxygen atoms in total. The van der Waals surface area contributed by atoms with Gasteiger partial charge in [-0.3, -0.25) is 0 Å². The van der Waals surface area contributed by atoms with Gasteiger partial charge in [0.25, 0.3) is 0 Å². The van der Waals surface area contributed by atoms with E-state index in [9.17, 15) is 13.2 Å². The van der Waals surface area contributed by atoms with Crippen LogP contribution in [0.4, 0.5) is 13.2 Å². The van der Waals surface area contributed by atoms with Crippen LogP contribution in [-0.2, 0) is 13.0 Å². The van der Waals surface area contributed by atoms with Gasteiger partial charge in [-0.05, 0) is 5.56 Å². The zero-order valence-corrected chi connectivity index (χ0v) is 9.24. The van der Waals surface area contributed by atoms with E-state index in [1.807, 2.05) is 0 Å². The van der Waals surface area contributed by atoms with Crippen molar-refractivity contribution < 1.29 is 17.7 Å². The van der Waals surface area contributed by atoms with Crippen molar-refractivity contribution in [1.29, 1.82) is 0 Å². The van der Waals surface area contributed by atoms with E-state index in [2.05, 4.69) is 14.7 Å². The number of alkyl halides is 3. The van der Waals surface area contributed by atoms with Crippen LogP contribution in [0.25, 0.3) is 11.4 Å². The summed E-state index contributed by atoms with van der Waals surface area (Å²) in [7, 11) is 0. The first-order valence-electron chi connectivity index (χ1n) is 5.16. The molecule has 96 valence electrons. The van der Waals surface area contributed by atoms with E-state index >= 15 is 0 Å². The van der Waals surface area contributed by atoms with Gasteiger partial charge in [-0.1, -0.05) is 29.4 Å². The van der Waals surface area contributed by atoms with Crippen molar-refractivity contribution in [3.05, 3.63) is 35.7 Å². The second kappa shape index (κ2) is 4.77. The number of hydrogen-bond donors (Lipinski definition) is 1. The molecule has 7 heteroatoms. The van der Waals surface area contributed by atoms with Gasteiger partial charge in [-0.2, -0.15) is 18.2 Å². The van der Waals surface area contributed by atoms with Crippen molar-refractivity contribution in [3.8, 4) is 11.4 Å². The topological polar surface area (TPSA) is 64.9 Å². The van der Waals surface area contributed by atoms with E-state index in [-0.39, 0.29) is 5.82 Å². The molecule has 2 aromatic rings. The average Bonchev–Trinajstić information content (AvgIpc) is 2.75. The van der Waals surface area contributed by atoms with Crippen molar-refractivity contribution in [1.82, 2.24) is 10.1 Å². The van der Waals surface area contributed by atoms with E-state index in [1.54, 1.807) is 24.3 Å². The van der Waals surface area contributed by atoms with Crippen molar-refractivity contribution in [2.45, 2.75) is 19.1 Å². The molecule has 0 aliphatic rings. The van der Waals surface area contributed by atoms with Gasteiger partial charge >= 0.3 is 6.18 Å². The van der Waals surface area contributed by atoms with Gasteiger partial charge in [-0.25, -0.2) is 0 Å². The predicted octanol–water partition coefficient (Wildman–Crippen LogP) is 2.30. The monoisotopic (exact) mass is 257 g/mol.